The van der Waals surface area contributed by atoms with Gasteiger partial charge in [0.05, 0.1) is 6.04 Å². The summed E-state index contributed by atoms with van der Waals surface area (Å²) in [6.45, 7) is 9.83. The monoisotopic (exact) mass is 515 g/mol. The number of nitrogens with two attached hydrogens (primary N) is 1. The summed E-state index contributed by atoms with van der Waals surface area (Å²) < 4.78 is 7.92. The van der Waals surface area contributed by atoms with Crippen LogP contribution < -0.4 is 15.4 Å². The van der Waals surface area contributed by atoms with Crippen molar-refractivity contribution in [2.24, 2.45) is 11.7 Å². The minimum atomic E-state index is -0.491. The van der Waals surface area contributed by atoms with Gasteiger partial charge in [-0.3, -0.25) is 9.59 Å². The highest BCUT2D eigenvalue weighted by atomic mass is 16.5. The standard InChI is InChI=1S/C28H31N5O3.C2H6/c1-3-24(34)32-17-13-19(14-18-32)23-15-16-31(2)28-25(27(29)35)26(30-33(23)28)20-9-11-22(12-10-20)36-21-7-5-4-6-8-21;1-2/h3-12,19,23H,1,13-18H2,2H3,(H2,29,35);1-2H3. The number of hydrogen-bond donors (Lipinski definition) is 1. The van der Waals surface area contributed by atoms with E-state index in [1.165, 1.54) is 6.08 Å². The number of primary amides is 1. The molecule has 8 heteroatoms. The Morgan fingerprint density at radius 2 is 1.61 bits per heavy atom. The fraction of sp³-hybridized carbons (Fsp3) is 0.367. The van der Waals surface area contributed by atoms with Crippen LogP contribution in [0.4, 0.5) is 5.82 Å². The van der Waals surface area contributed by atoms with Crippen LogP contribution in [0.25, 0.3) is 11.3 Å². The molecule has 3 aromatic rings. The summed E-state index contributed by atoms with van der Waals surface area (Å²) in [5.74, 6) is 2.07. The Hall–Kier alpha value is -4.07. The number of amides is 2. The summed E-state index contributed by atoms with van der Waals surface area (Å²) in [5, 5.41) is 4.97. The highest BCUT2D eigenvalue weighted by molar-refractivity contribution is 6.04. The van der Waals surface area contributed by atoms with E-state index in [9.17, 15) is 9.59 Å². The van der Waals surface area contributed by atoms with E-state index in [4.69, 9.17) is 15.6 Å². The van der Waals surface area contributed by atoms with E-state index in [-0.39, 0.29) is 11.9 Å². The molecule has 3 heterocycles. The fourth-order valence-electron chi connectivity index (χ4n) is 5.38. The molecule has 1 fully saturated rings. The van der Waals surface area contributed by atoms with Gasteiger partial charge in [0, 0.05) is 32.2 Å². The first-order valence-electron chi connectivity index (χ1n) is 13.3. The lowest BCUT2D eigenvalue weighted by Crippen LogP contribution is -2.42. The van der Waals surface area contributed by atoms with Gasteiger partial charge in [-0.2, -0.15) is 5.10 Å². The molecule has 2 aliphatic rings. The molecule has 200 valence electrons. The first-order valence-corrected chi connectivity index (χ1v) is 13.3. The normalized spacial score (nSPS) is 17.2. The lowest BCUT2D eigenvalue weighted by Gasteiger charge is -2.40. The molecular weight excluding hydrogens is 478 g/mol. The lowest BCUT2D eigenvalue weighted by atomic mass is 9.86. The molecule has 0 radical (unpaired) electrons. The Morgan fingerprint density at radius 1 is 0.974 bits per heavy atom. The Morgan fingerprint density at radius 3 is 2.21 bits per heavy atom. The molecule has 2 aromatic carbocycles. The van der Waals surface area contributed by atoms with E-state index < -0.39 is 5.91 Å². The van der Waals surface area contributed by atoms with E-state index in [2.05, 4.69) is 11.5 Å². The van der Waals surface area contributed by atoms with Crippen LogP contribution >= 0.6 is 0 Å². The molecule has 5 rings (SSSR count). The number of fused-ring (bicyclic) bond motifs is 1. The summed E-state index contributed by atoms with van der Waals surface area (Å²) in [4.78, 5) is 28.6. The zero-order chi connectivity index (χ0) is 27.2. The summed E-state index contributed by atoms with van der Waals surface area (Å²) in [6, 6.07) is 17.3. The number of carbonyl (C=O) groups excluding carboxylic acids is 2. The summed E-state index contributed by atoms with van der Waals surface area (Å²) >= 11 is 0. The molecule has 0 spiro atoms. The molecule has 2 N–H and O–H groups in total. The zero-order valence-corrected chi connectivity index (χ0v) is 22.5. The Kier molecular flexibility index (Phi) is 8.51. The second-order valence-electron chi connectivity index (χ2n) is 9.44. The first-order chi connectivity index (χ1) is 18.5. The predicted octanol–water partition coefficient (Wildman–Crippen LogP) is 5.27. The summed E-state index contributed by atoms with van der Waals surface area (Å²) in [7, 11) is 1.97. The minimum absolute atomic E-state index is 0.0189. The van der Waals surface area contributed by atoms with Crippen LogP contribution in [-0.4, -0.2) is 53.2 Å². The number of anilines is 1. The fourth-order valence-corrected chi connectivity index (χ4v) is 5.38. The van der Waals surface area contributed by atoms with Crippen molar-refractivity contribution in [2.45, 2.75) is 39.2 Å². The van der Waals surface area contributed by atoms with Crippen LogP contribution in [0.5, 0.6) is 11.5 Å². The molecule has 1 atom stereocenters. The minimum Gasteiger partial charge on any atom is -0.457 e. The number of benzene rings is 2. The SMILES string of the molecule is C=CC(=O)N1CCC(C2CCN(C)c3c(C(N)=O)c(-c4ccc(Oc5ccccc5)cc4)nn32)CC1.CC. The summed E-state index contributed by atoms with van der Waals surface area (Å²) in [5.41, 5.74) is 7.75. The van der Waals surface area contributed by atoms with E-state index in [0.29, 0.717) is 36.0 Å². The maximum Gasteiger partial charge on any atom is 0.254 e. The van der Waals surface area contributed by atoms with Crippen molar-refractivity contribution >= 4 is 17.6 Å². The van der Waals surface area contributed by atoms with Crippen LogP contribution in [-0.2, 0) is 4.79 Å². The average Bonchev–Trinajstić information content (AvgIpc) is 3.37. The average molecular weight is 516 g/mol. The molecule has 0 bridgehead atoms. The lowest BCUT2D eigenvalue weighted by molar-refractivity contribution is -0.127. The highest BCUT2D eigenvalue weighted by Crippen LogP contribution is 2.42. The zero-order valence-electron chi connectivity index (χ0n) is 22.5. The van der Waals surface area contributed by atoms with Gasteiger partial charge in [-0.15, -0.1) is 0 Å². The van der Waals surface area contributed by atoms with Crippen molar-refractivity contribution in [2.75, 3.05) is 31.6 Å². The van der Waals surface area contributed by atoms with Crippen LogP contribution in [0.3, 0.4) is 0 Å². The number of rotatable bonds is 6. The van der Waals surface area contributed by atoms with Crippen LogP contribution in [0.2, 0.25) is 0 Å². The number of piperidine rings is 1. The molecule has 2 aliphatic heterocycles. The second-order valence-corrected chi connectivity index (χ2v) is 9.44. The van der Waals surface area contributed by atoms with Crippen molar-refractivity contribution in [3.05, 3.63) is 72.8 Å². The Bertz CT molecular complexity index is 1260. The number of hydrogen-bond acceptors (Lipinski definition) is 5. The van der Waals surface area contributed by atoms with Gasteiger partial charge < -0.3 is 20.3 Å². The molecule has 1 unspecified atom stereocenters. The van der Waals surface area contributed by atoms with Gasteiger partial charge in [0.15, 0.2) is 0 Å². The van der Waals surface area contributed by atoms with E-state index in [1.807, 2.05) is 85.1 Å². The maximum atomic E-state index is 12.7. The molecule has 1 saturated heterocycles. The molecule has 1 aromatic heterocycles. The van der Waals surface area contributed by atoms with E-state index in [0.717, 1.165) is 42.9 Å². The van der Waals surface area contributed by atoms with Crippen LogP contribution in [0, 0.1) is 5.92 Å². The van der Waals surface area contributed by atoms with Gasteiger partial charge in [-0.05, 0) is 67.7 Å². The predicted molar refractivity (Wildman–Crippen MR) is 150 cm³/mol. The third kappa shape index (κ3) is 5.44. The molecule has 0 aliphatic carbocycles. The largest absolute Gasteiger partial charge is 0.457 e. The van der Waals surface area contributed by atoms with E-state index >= 15 is 0 Å². The van der Waals surface area contributed by atoms with Crippen molar-refractivity contribution in [3.8, 4) is 22.8 Å². The van der Waals surface area contributed by atoms with Gasteiger partial charge in [-0.25, -0.2) is 4.68 Å². The first kappa shape index (κ1) is 27.0. The number of nitrogens with zero attached hydrogens (tertiary/aromatic N) is 4. The van der Waals surface area contributed by atoms with Crippen molar-refractivity contribution in [1.29, 1.82) is 0 Å². The molecule has 2 amide bonds. The third-order valence-corrected chi connectivity index (χ3v) is 7.24. The quantitative estimate of drug-likeness (QED) is 0.451. The van der Waals surface area contributed by atoms with Crippen molar-refractivity contribution in [1.82, 2.24) is 14.7 Å². The topological polar surface area (TPSA) is 93.7 Å². The summed E-state index contributed by atoms with van der Waals surface area (Å²) in [6.07, 6.45) is 4.08. The maximum absolute atomic E-state index is 12.7. The molecular formula is C30H37N5O3. The number of aromatic nitrogens is 2. The number of carbonyl (C=O) groups is 2. The number of para-hydroxylation sites is 1. The van der Waals surface area contributed by atoms with E-state index in [1.54, 1.807) is 0 Å². The van der Waals surface area contributed by atoms with Gasteiger partial charge >= 0.3 is 0 Å². The Balaban J connectivity index is 0.00000164. The number of ether oxygens (including phenoxy) is 1. The van der Waals surface area contributed by atoms with Gasteiger partial charge in [-0.1, -0.05) is 38.6 Å². The van der Waals surface area contributed by atoms with Gasteiger partial charge in [0.2, 0.25) is 5.91 Å². The van der Waals surface area contributed by atoms with Gasteiger partial charge in [0.25, 0.3) is 5.91 Å². The highest BCUT2D eigenvalue weighted by Gasteiger charge is 2.37. The second kappa shape index (κ2) is 12.0. The van der Waals surface area contributed by atoms with Crippen molar-refractivity contribution < 1.29 is 14.3 Å². The van der Waals surface area contributed by atoms with Crippen LogP contribution in [0.1, 0.15) is 49.5 Å². The molecule has 0 saturated carbocycles. The third-order valence-electron chi connectivity index (χ3n) is 7.24. The van der Waals surface area contributed by atoms with Crippen LogP contribution in [0.15, 0.2) is 67.3 Å². The smallest absolute Gasteiger partial charge is 0.254 e. The Labute approximate surface area is 224 Å². The van der Waals surface area contributed by atoms with Crippen molar-refractivity contribution in [3.63, 3.8) is 0 Å². The molecule has 38 heavy (non-hydrogen) atoms. The number of likely N-dealkylation sites (tertiary alicyclic amines) is 1. The molecule has 8 nitrogen and oxygen atoms in total. The van der Waals surface area contributed by atoms with Gasteiger partial charge in [0.1, 0.15) is 28.6 Å².